The molecule has 0 saturated carbocycles. The molecule has 0 radical (unpaired) electrons. The topological polar surface area (TPSA) is 26.0 Å². The van der Waals surface area contributed by atoms with E-state index >= 15 is 0 Å². The van der Waals surface area contributed by atoms with Crippen LogP contribution in [0.3, 0.4) is 0 Å². The molecule has 2 heteroatoms. The van der Waals surface area contributed by atoms with E-state index in [0.717, 1.165) is 0 Å². The minimum absolute atomic E-state index is 0.113. The Labute approximate surface area is 100 Å². The van der Waals surface area contributed by atoms with E-state index in [9.17, 15) is 0 Å². The van der Waals surface area contributed by atoms with Crippen molar-refractivity contribution in [3.05, 3.63) is 42.1 Å². The lowest BCUT2D eigenvalue weighted by molar-refractivity contribution is 0.562. The van der Waals surface area contributed by atoms with Gasteiger partial charge in [-0.1, -0.05) is 67.7 Å². The van der Waals surface area contributed by atoms with E-state index in [1.54, 1.807) is 0 Å². The van der Waals surface area contributed by atoms with Crippen molar-refractivity contribution >= 4 is 13.3 Å². The highest BCUT2D eigenvalue weighted by Gasteiger charge is 2.31. The van der Waals surface area contributed by atoms with Crippen LogP contribution in [0.5, 0.6) is 0 Å². The smallest absolute Gasteiger partial charge is 0.108 e. The molecular weight excluding hydrogens is 210 g/mol. The largest absolute Gasteiger partial charge is 0.324 e. The van der Waals surface area contributed by atoms with Gasteiger partial charge in [0, 0.05) is 6.04 Å². The van der Waals surface area contributed by atoms with Crippen LogP contribution in [0.4, 0.5) is 0 Å². The lowest BCUT2D eigenvalue weighted by atomic mass is 10.1. The molecule has 0 aliphatic rings. The van der Waals surface area contributed by atoms with Crippen LogP contribution in [0.15, 0.2) is 42.1 Å². The van der Waals surface area contributed by atoms with Gasteiger partial charge in [0.1, 0.15) is 8.07 Å². The summed E-state index contributed by atoms with van der Waals surface area (Å²) in [6.45, 7) is 13.2. The summed E-state index contributed by atoms with van der Waals surface area (Å²) in [5.41, 5.74) is 6.22. The zero-order valence-corrected chi connectivity index (χ0v) is 11.8. The molecule has 0 amide bonds. The second-order valence-electron chi connectivity index (χ2n) is 5.29. The quantitative estimate of drug-likeness (QED) is 0.795. The van der Waals surface area contributed by atoms with Crippen molar-refractivity contribution in [2.75, 3.05) is 0 Å². The van der Waals surface area contributed by atoms with Crippen LogP contribution in [0.25, 0.3) is 0 Å². The van der Waals surface area contributed by atoms with Crippen molar-refractivity contribution in [2.24, 2.45) is 11.7 Å². The average molecular weight is 233 g/mol. The van der Waals surface area contributed by atoms with E-state index in [0.29, 0.717) is 5.92 Å². The molecule has 0 bridgehead atoms. The second-order valence-corrected chi connectivity index (χ2v) is 9.76. The number of hydrogen-bond donors (Lipinski definition) is 1. The van der Waals surface area contributed by atoms with Crippen molar-refractivity contribution in [2.45, 2.75) is 33.0 Å². The maximum absolute atomic E-state index is 6.22. The monoisotopic (exact) mass is 233 g/mol. The maximum Gasteiger partial charge on any atom is 0.108 e. The highest BCUT2D eigenvalue weighted by atomic mass is 28.3. The van der Waals surface area contributed by atoms with Crippen LogP contribution in [-0.2, 0) is 0 Å². The Morgan fingerprint density at radius 3 is 2.12 bits per heavy atom. The van der Waals surface area contributed by atoms with Gasteiger partial charge in [-0.25, -0.2) is 0 Å². The van der Waals surface area contributed by atoms with Gasteiger partial charge in [-0.3, -0.25) is 0 Å². The average Bonchev–Trinajstić information content (AvgIpc) is 2.28. The molecular formula is C14H23NSi. The van der Waals surface area contributed by atoms with E-state index in [1.165, 1.54) is 10.4 Å². The predicted molar refractivity (Wildman–Crippen MR) is 75.5 cm³/mol. The van der Waals surface area contributed by atoms with Gasteiger partial charge in [-0.2, -0.15) is 0 Å². The van der Waals surface area contributed by atoms with Gasteiger partial charge in [0.2, 0.25) is 0 Å². The first-order valence-electron chi connectivity index (χ1n) is 5.87. The van der Waals surface area contributed by atoms with E-state index in [1.807, 2.05) is 0 Å². The molecule has 88 valence electrons. The zero-order chi connectivity index (χ0) is 12.3. The second kappa shape index (κ2) is 4.98. The third-order valence-corrected chi connectivity index (χ3v) is 7.13. The Balaban J connectivity index is 2.99. The van der Waals surface area contributed by atoms with Gasteiger partial charge in [0.05, 0.1) is 0 Å². The SMILES string of the molecule is C=C([C@H](N)C(C)C)[Si](C)(C)c1ccccc1. The van der Waals surface area contributed by atoms with Crippen molar-refractivity contribution in [3.63, 3.8) is 0 Å². The molecule has 2 N–H and O–H groups in total. The molecule has 1 aromatic rings. The first kappa shape index (κ1) is 13.2. The summed E-state index contributed by atoms with van der Waals surface area (Å²) in [6, 6.07) is 10.8. The molecule has 1 nitrogen and oxygen atoms in total. The summed E-state index contributed by atoms with van der Waals surface area (Å²) in [7, 11) is -1.63. The van der Waals surface area contributed by atoms with Gasteiger partial charge >= 0.3 is 0 Å². The molecule has 1 rings (SSSR count). The molecule has 1 atom stereocenters. The van der Waals surface area contributed by atoms with Crippen LogP contribution in [-0.4, -0.2) is 14.1 Å². The van der Waals surface area contributed by atoms with Crippen LogP contribution in [0.1, 0.15) is 13.8 Å². The minimum atomic E-state index is -1.63. The highest BCUT2D eigenvalue weighted by molar-refractivity contribution is 6.95. The molecule has 0 aliphatic carbocycles. The van der Waals surface area contributed by atoms with Gasteiger partial charge < -0.3 is 5.73 Å². The maximum atomic E-state index is 6.22. The predicted octanol–water partition coefficient (Wildman–Crippen LogP) is 2.68. The van der Waals surface area contributed by atoms with Crippen LogP contribution < -0.4 is 10.9 Å². The normalized spacial score (nSPS) is 13.9. The Kier molecular flexibility index (Phi) is 4.11. The van der Waals surface area contributed by atoms with E-state index < -0.39 is 8.07 Å². The first-order valence-corrected chi connectivity index (χ1v) is 8.87. The summed E-state index contributed by atoms with van der Waals surface area (Å²) in [5, 5.41) is 2.66. The Hall–Kier alpha value is -0.863. The summed E-state index contributed by atoms with van der Waals surface area (Å²) in [5.74, 6) is 0.461. The van der Waals surface area contributed by atoms with Crippen molar-refractivity contribution in [1.29, 1.82) is 0 Å². The fourth-order valence-electron chi connectivity index (χ4n) is 1.86. The number of hydrogen-bond acceptors (Lipinski definition) is 1. The molecule has 0 fully saturated rings. The Bertz CT molecular complexity index is 354. The van der Waals surface area contributed by atoms with E-state index in [4.69, 9.17) is 5.73 Å². The molecule has 0 aromatic heterocycles. The lowest BCUT2D eigenvalue weighted by Gasteiger charge is -2.31. The lowest BCUT2D eigenvalue weighted by Crippen LogP contribution is -2.50. The van der Waals surface area contributed by atoms with Gasteiger partial charge in [-0.05, 0) is 5.92 Å². The van der Waals surface area contributed by atoms with E-state index in [2.05, 4.69) is 63.9 Å². The molecule has 0 aliphatic heterocycles. The van der Waals surface area contributed by atoms with Crippen LogP contribution in [0, 0.1) is 5.92 Å². The van der Waals surface area contributed by atoms with Crippen molar-refractivity contribution < 1.29 is 0 Å². The molecule has 16 heavy (non-hydrogen) atoms. The minimum Gasteiger partial charge on any atom is -0.324 e. The summed E-state index contributed by atoms with van der Waals surface area (Å²) < 4.78 is 0. The fraction of sp³-hybridized carbons (Fsp3) is 0.429. The summed E-state index contributed by atoms with van der Waals surface area (Å²) in [6.07, 6.45) is 0. The van der Waals surface area contributed by atoms with Crippen molar-refractivity contribution in [3.8, 4) is 0 Å². The van der Waals surface area contributed by atoms with E-state index in [-0.39, 0.29) is 6.04 Å². The molecule has 0 unspecified atom stereocenters. The van der Waals surface area contributed by atoms with Gasteiger partial charge in [0.25, 0.3) is 0 Å². The summed E-state index contributed by atoms with van der Waals surface area (Å²) in [4.78, 5) is 0. The Morgan fingerprint density at radius 1 is 1.19 bits per heavy atom. The summed E-state index contributed by atoms with van der Waals surface area (Å²) >= 11 is 0. The third kappa shape index (κ3) is 2.63. The van der Waals surface area contributed by atoms with Crippen LogP contribution >= 0.6 is 0 Å². The molecule has 0 spiro atoms. The van der Waals surface area contributed by atoms with Crippen LogP contribution in [0.2, 0.25) is 13.1 Å². The molecule has 0 saturated heterocycles. The number of rotatable bonds is 4. The third-order valence-electron chi connectivity index (χ3n) is 3.42. The molecule has 1 aromatic carbocycles. The highest BCUT2D eigenvalue weighted by Crippen LogP contribution is 2.19. The van der Waals surface area contributed by atoms with Crippen molar-refractivity contribution in [1.82, 2.24) is 0 Å². The fourth-order valence-corrected chi connectivity index (χ4v) is 4.42. The number of benzene rings is 1. The van der Waals surface area contributed by atoms with Gasteiger partial charge in [-0.15, -0.1) is 6.58 Å². The number of nitrogens with two attached hydrogens (primary N) is 1. The Morgan fingerprint density at radius 2 is 1.69 bits per heavy atom. The standard InChI is InChI=1S/C14H23NSi/c1-11(2)14(15)12(3)16(4,5)13-9-7-6-8-10-13/h6-11,14H,3,15H2,1-2,4-5H3/t14-/m1/s1. The molecule has 0 heterocycles. The zero-order valence-electron chi connectivity index (χ0n) is 10.8. The first-order chi connectivity index (χ1) is 7.37. The van der Waals surface area contributed by atoms with Gasteiger partial charge in [0.15, 0.2) is 0 Å².